The van der Waals surface area contributed by atoms with E-state index in [1.165, 1.54) is 110 Å². The van der Waals surface area contributed by atoms with Crippen LogP contribution in [0.5, 0.6) is 23.0 Å². The van der Waals surface area contributed by atoms with Gasteiger partial charge in [0.15, 0.2) is 23.0 Å². The van der Waals surface area contributed by atoms with Crippen LogP contribution in [0.1, 0.15) is 89.1 Å². The van der Waals surface area contributed by atoms with Crippen LogP contribution in [-0.4, -0.2) is 6.85 Å². The van der Waals surface area contributed by atoms with Gasteiger partial charge in [-0.1, -0.05) is 127 Å². The van der Waals surface area contributed by atoms with E-state index in [4.69, 9.17) is 9.47 Å². The maximum Gasteiger partial charge on any atom is 0.333 e. The smallest absolute Gasteiger partial charge is 0.333 e. The summed E-state index contributed by atoms with van der Waals surface area (Å²) in [5.74, 6) is 2.89. The molecule has 9 aromatic rings. The molecule has 0 N–H and O–H groups in total. The fraction of sp³-hybridized carbons (Fsp3) is 0.226. The molecule has 0 unspecified atom stereocenters. The van der Waals surface area contributed by atoms with Crippen LogP contribution < -0.4 is 30.1 Å². The van der Waals surface area contributed by atoms with E-state index in [1.807, 2.05) is 35.6 Å². The molecular weight excluding hydrogens is 848 g/mol. The standard InChI is InChI=1S/C62H55BN2O2S/c1-36-29-42-57-47(25-26-56-58(57)40-19-13-16-22-55(40)68-56)65(46-24-23-39(60(3,4)5)32-41(46)38-17-11-10-12-18-38)63-45-34-53-54(67-52-21-15-14-20-51(52)66-53)35-49(45)64(50(30-36)59(42)63)48-33-44-43(31-37(48)2)61(6,7)27-28-62(44,8)9/h10-26,29-35H,27-28H2,1-9H3. The summed E-state index contributed by atoms with van der Waals surface area (Å²) in [6, 6.07) is 54.5. The topological polar surface area (TPSA) is 24.9 Å². The quantitative estimate of drug-likeness (QED) is 0.165. The van der Waals surface area contributed by atoms with Crippen molar-refractivity contribution in [2.45, 2.75) is 91.4 Å². The molecule has 8 aromatic carbocycles. The molecule has 334 valence electrons. The lowest BCUT2D eigenvalue weighted by atomic mass is 9.43. The number of fused-ring (bicyclic) bond motifs is 11. The van der Waals surface area contributed by atoms with Crippen molar-refractivity contribution >= 4 is 77.7 Å². The second kappa shape index (κ2) is 14.4. The Balaban J connectivity index is 1.18. The number of nitrogens with zero attached hydrogens (tertiary/aromatic N) is 2. The van der Waals surface area contributed by atoms with Crippen molar-refractivity contribution in [3.05, 3.63) is 173 Å². The van der Waals surface area contributed by atoms with Crippen molar-refractivity contribution in [1.29, 1.82) is 0 Å². The van der Waals surface area contributed by atoms with E-state index in [2.05, 4.69) is 193 Å². The molecular formula is C62H55BN2O2S. The highest BCUT2D eigenvalue weighted by Crippen LogP contribution is 2.56. The minimum Gasteiger partial charge on any atom is -0.450 e. The average Bonchev–Trinajstić information content (AvgIpc) is 3.71. The summed E-state index contributed by atoms with van der Waals surface area (Å²) in [5, 5.41) is 2.61. The van der Waals surface area contributed by atoms with Crippen LogP contribution in [0.3, 0.4) is 0 Å². The van der Waals surface area contributed by atoms with Crippen LogP contribution in [0.4, 0.5) is 28.4 Å². The van der Waals surface area contributed by atoms with Gasteiger partial charge in [0.25, 0.3) is 0 Å². The zero-order valence-electron chi connectivity index (χ0n) is 40.5. The van der Waals surface area contributed by atoms with Gasteiger partial charge in [0.05, 0.1) is 0 Å². The Morgan fingerprint density at radius 1 is 0.559 bits per heavy atom. The molecule has 0 fully saturated rings. The number of benzene rings is 8. The minimum absolute atomic E-state index is 0.0193. The maximum atomic E-state index is 6.87. The first-order valence-corrected chi connectivity index (χ1v) is 25.1. The van der Waals surface area contributed by atoms with Gasteiger partial charge in [0, 0.05) is 65.8 Å². The molecule has 4 aliphatic rings. The summed E-state index contributed by atoms with van der Waals surface area (Å²) >= 11 is 1.89. The van der Waals surface area contributed by atoms with E-state index in [0.29, 0.717) is 0 Å². The highest BCUT2D eigenvalue weighted by molar-refractivity contribution is 7.26. The molecule has 4 heterocycles. The number of para-hydroxylation sites is 2. The van der Waals surface area contributed by atoms with Gasteiger partial charge < -0.3 is 19.2 Å². The fourth-order valence-corrected chi connectivity index (χ4v) is 13.1. The highest BCUT2D eigenvalue weighted by Gasteiger charge is 2.48. The summed E-state index contributed by atoms with van der Waals surface area (Å²) in [4.78, 5) is 5.27. The monoisotopic (exact) mass is 902 g/mol. The summed E-state index contributed by atoms with van der Waals surface area (Å²) in [6.07, 6.45) is 2.30. The minimum atomic E-state index is -0.232. The van der Waals surface area contributed by atoms with Crippen molar-refractivity contribution in [3.8, 4) is 45.3 Å². The third kappa shape index (κ3) is 6.05. The third-order valence-corrected chi connectivity index (χ3v) is 16.8. The number of anilines is 5. The SMILES string of the molecule is Cc1cc2c3c(c1)N(c1cc4c(cc1C)C(C)(C)CCC4(C)C)c1cc4c(cc1B3N(c1ccc(C(C)(C)C)cc1-c1ccccc1)c1ccc3sc5ccccc5c3c1-2)Oc1ccccc1O4. The van der Waals surface area contributed by atoms with Crippen LogP contribution in [0.15, 0.2) is 146 Å². The number of thiophene rings is 1. The van der Waals surface area contributed by atoms with Crippen molar-refractivity contribution in [3.63, 3.8) is 0 Å². The van der Waals surface area contributed by atoms with Gasteiger partial charge in [0.1, 0.15) is 0 Å². The molecule has 0 atom stereocenters. The van der Waals surface area contributed by atoms with E-state index < -0.39 is 0 Å². The van der Waals surface area contributed by atoms with Crippen LogP contribution in [0.2, 0.25) is 0 Å². The zero-order valence-corrected chi connectivity index (χ0v) is 41.3. The van der Waals surface area contributed by atoms with E-state index >= 15 is 0 Å². The molecule has 0 spiro atoms. The average molecular weight is 903 g/mol. The first-order chi connectivity index (χ1) is 32.6. The van der Waals surface area contributed by atoms with Gasteiger partial charge in [-0.2, -0.15) is 0 Å². The Hall–Kier alpha value is -6.76. The Labute approximate surface area is 404 Å². The first-order valence-electron chi connectivity index (χ1n) is 24.3. The van der Waals surface area contributed by atoms with Crippen molar-refractivity contribution in [1.82, 2.24) is 0 Å². The molecule has 68 heavy (non-hydrogen) atoms. The number of aryl methyl sites for hydroxylation is 2. The lowest BCUT2D eigenvalue weighted by Crippen LogP contribution is -2.61. The van der Waals surface area contributed by atoms with Crippen LogP contribution >= 0.6 is 11.3 Å². The lowest BCUT2D eigenvalue weighted by Gasteiger charge is -2.48. The Morgan fingerprint density at radius 2 is 1.22 bits per heavy atom. The molecule has 0 saturated heterocycles. The van der Waals surface area contributed by atoms with Crippen molar-refractivity contribution in [2.75, 3.05) is 9.71 Å². The molecule has 1 aliphatic carbocycles. The first kappa shape index (κ1) is 41.4. The Morgan fingerprint density at radius 3 is 1.96 bits per heavy atom. The number of rotatable bonds is 3. The normalized spacial score (nSPS) is 16.0. The Bertz CT molecular complexity index is 3620. The largest absolute Gasteiger partial charge is 0.450 e. The molecule has 6 heteroatoms. The van der Waals surface area contributed by atoms with E-state index in [1.54, 1.807) is 0 Å². The summed E-state index contributed by atoms with van der Waals surface area (Å²) in [7, 11) is 0. The molecule has 0 radical (unpaired) electrons. The molecule has 0 bridgehead atoms. The van der Waals surface area contributed by atoms with Crippen molar-refractivity contribution in [2.24, 2.45) is 0 Å². The predicted octanol–water partition coefficient (Wildman–Crippen LogP) is 16.6. The van der Waals surface area contributed by atoms with Crippen LogP contribution in [0, 0.1) is 13.8 Å². The number of hydrogen-bond acceptors (Lipinski definition) is 5. The van der Waals surface area contributed by atoms with E-state index in [9.17, 15) is 0 Å². The molecule has 13 rings (SSSR count). The lowest BCUT2D eigenvalue weighted by molar-refractivity contribution is 0.332. The van der Waals surface area contributed by atoms with Gasteiger partial charge in [0.2, 0.25) is 0 Å². The maximum absolute atomic E-state index is 6.87. The van der Waals surface area contributed by atoms with Gasteiger partial charge in [-0.05, 0) is 153 Å². The molecule has 3 aliphatic heterocycles. The van der Waals surface area contributed by atoms with Crippen LogP contribution in [-0.2, 0) is 16.2 Å². The van der Waals surface area contributed by atoms with Crippen LogP contribution in [0.25, 0.3) is 42.4 Å². The fourth-order valence-electron chi connectivity index (χ4n) is 12.0. The molecule has 0 amide bonds. The number of ether oxygens (including phenoxy) is 2. The van der Waals surface area contributed by atoms with E-state index in [0.717, 1.165) is 35.1 Å². The van der Waals surface area contributed by atoms with Gasteiger partial charge in [-0.25, -0.2) is 0 Å². The summed E-state index contributed by atoms with van der Waals surface area (Å²) in [5.41, 5.74) is 20.0. The molecule has 0 saturated carbocycles. The third-order valence-electron chi connectivity index (χ3n) is 15.7. The predicted molar refractivity (Wildman–Crippen MR) is 289 cm³/mol. The van der Waals surface area contributed by atoms with Gasteiger partial charge in [-0.3, -0.25) is 0 Å². The summed E-state index contributed by atoms with van der Waals surface area (Å²) < 4.78 is 16.3. The van der Waals surface area contributed by atoms with E-state index in [-0.39, 0.29) is 23.1 Å². The molecule has 1 aromatic heterocycles. The van der Waals surface area contributed by atoms with Crippen molar-refractivity contribution < 1.29 is 9.47 Å². The van der Waals surface area contributed by atoms with Gasteiger partial charge in [-0.15, -0.1) is 11.3 Å². The second-order valence-corrected chi connectivity index (χ2v) is 23.2. The second-order valence-electron chi connectivity index (χ2n) is 22.1. The summed E-state index contributed by atoms with van der Waals surface area (Å²) in [6.45, 7) is 21.1. The Kier molecular flexibility index (Phi) is 8.76. The highest BCUT2D eigenvalue weighted by atomic mass is 32.1. The molecule has 4 nitrogen and oxygen atoms in total. The zero-order chi connectivity index (χ0) is 46.6. The number of hydrogen-bond donors (Lipinski definition) is 0. The van der Waals surface area contributed by atoms with Gasteiger partial charge >= 0.3 is 6.85 Å².